The number of rotatable bonds is 12. The van der Waals surface area contributed by atoms with E-state index in [1.807, 2.05) is 26.0 Å². The van der Waals surface area contributed by atoms with E-state index >= 15 is 0 Å². The minimum Gasteiger partial charge on any atom is -0.457 e. The number of nitrogens with one attached hydrogen (secondary N) is 1. The fourth-order valence-corrected chi connectivity index (χ4v) is 7.14. The van der Waals surface area contributed by atoms with E-state index in [0.29, 0.717) is 35.7 Å². The van der Waals surface area contributed by atoms with Crippen molar-refractivity contribution in [2.24, 2.45) is 11.7 Å². The molecule has 4 heterocycles. The zero-order chi connectivity index (χ0) is 35.6. The summed E-state index contributed by atoms with van der Waals surface area (Å²) in [6, 6.07) is 14.8. The van der Waals surface area contributed by atoms with Crippen LogP contribution in [0.2, 0.25) is 0 Å². The molecule has 0 saturated heterocycles. The number of amides is 1. The van der Waals surface area contributed by atoms with Crippen LogP contribution in [-0.4, -0.2) is 34.1 Å². The highest BCUT2D eigenvalue weighted by atomic mass is 16.7. The van der Waals surface area contributed by atoms with Crippen molar-refractivity contribution in [3.05, 3.63) is 92.3 Å². The zero-order valence-corrected chi connectivity index (χ0v) is 29.1. The maximum absolute atomic E-state index is 14.0. The Balaban J connectivity index is 1.21. The number of nitrogens with zero attached hydrogens (tertiary/aromatic N) is 2. The molecular weight excluding hydrogens is 636 g/mol. The summed E-state index contributed by atoms with van der Waals surface area (Å²) in [4.78, 5) is 58.3. The number of aromatic nitrogens is 2. The average molecular weight is 681 g/mol. The molecule has 2 aliphatic rings. The van der Waals surface area contributed by atoms with E-state index < -0.39 is 17.7 Å². The summed E-state index contributed by atoms with van der Waals surface area (Å²) in [5.41, 5.74) is 10.5. The monoisotopic (exact) mass is 680 g/mol. The lowest BCUT2D eigenvalue weighted by Gasteiger charge is -2.35. The number of nitrogens with two attached hydrogens (primary N) is 1. The Hall–Kier alpha value is -5.03. The molecule has 0 bridgehead atoms. The van der Waals surface area contributed by atoms with Crippen LogP contribution >= 0.6 is 0 Å². The first-order chi connectivity index (χ1) is 24.1. The quantitative estimate of drug-likeness (QED) is 0.113. The van der Waals surface area contributed by atoms with Gasteiger partial charge in [0, 0.05) is 28.1 Å². The molecule has 6 rings (SSSR count). The van der Waals surface area contributed by atoms with Gasteiger partial charge in [0.15, 0.2) is 0 Å². The van der Waals surface area contributed by atoms with Crippen molar-refractivity contribution in [2.45, 2.75) is 91.6 Å². The van der Waals surface area contributed by atoms with E-state index in [-0.39, 0.29) is 48.1 Å². The lowest BCUT2D eigenvalue weighted by molar-refractivity contribution is -0.175. The first-order valence-electron chi connectivity index (χ1n) is 17.5. The van der Waals surface area contributed by atoms with E-state index in [0.717, 1.165) is 59.7 Å². The van der Waals surface area contributed by atoms with Gasteiger partial charge in [-0.2, -0.15) is 0 Å². The van der Waals surface area contributed by atoms with Gasteiger partial charge in [-0.05, 0) is 87.0 Å². The summed E-state index contributed by atoms with van der Waals surface area (Å²) >= 11 is 0. The Morgan fingerprint density at radius 1 is 1.06 bits per heavy atom. The lowest BCUT2D eigenvalue weighted by Crippen LogP contribution is -2.47. The SMILES string of the molecule is CCc1c2c(nc3ccc(C)cc13)-c1cc3c(c(=O)n1C2)COC(=O)C3(CC)OC(=O)OCc1ccc(NC(=O)C(CC)CCCCN)cc1. The van der Waals surface area contributed by atoms with Crippen LogP contribution < -0.4 is 16.6 Å². The van der Waals surface area contributed by atoms with Crippen LogP contribution in [0.15, 0.2) is 53.3 Å². The van der Waals surface area contributed by atoms with Crippen molar-refractivity contribution in [3.63, 3.8) is 0 Å². The van der Waals surface area contributed by atoms with Crippen LogP contribution in [0.3, 0.4) is 0 Å². The molecule has 2 atom stereocenters. The van der Waals surface area contributed by atoms with Gasteiger partial charge in [0.05, 0.1) is 29.0 Å². The molecule has 0 radical (unpaired) electrons. The summed E-state index contributed by atoms with van der Waals surface area (Å²) in [5, 5.41) is 4.01. The van der Waals surface area contributed by atoms with Gasteiger partial charge in [0.2, 0.25) is 11.5 Å². The second-order valence-corrected chi connectivity index (χ2v) is 13.1. The molecule has 11 heteroatoms. The van der Waals surface area contributed by atoms with E-state index in [4.69, 9.17) is 24.9 Å². The van der Waals surface area contributed by atoms with Crippen LogP contribution in [0.1, 0.15) is 86.3 Å². The zero-order valence-electron chi connectivity index (χ0n) is 29.1. The Kier molecular flexibility index (Phi) is 10.1. The number of carbonyl (C=O) groups is 3. The standard InChI is InChI=1S/C39H44N4O7/c1-5-25(10-8-9-17-40)35(44)41-26-14-12-24(13-15-26)21-49-38(47)50-39(7-3)31-19-33-34-29(20-43(33)36(45)30(31)22-48-37(39)46)27(6-2)28-18-23(4)11-16-32(28)42-34/h11-16,18-19,25H,5-10,17,20-22,40H2,1-4H3,(H,41,44). The van der Waals surface area contributed by atoms with Crippen molar-refractivity contribution >= 4 is 34.6 Å². The Morgan fingerprint density at radius 3 is 2.54 bits per heavy atom. The number of ether oxygens (including phenoxy) is 3. The van der Waals surface area contributed by atoms with Gasteiger partial charge in [-0.25, -0.2) is 14.6 Å². The molecule has 0 saturated carbocycles. The molecule has 50 heavy (non-hydrogen) atoms. The molecule has 262 valence electrons. The number of aryl methyl sites for hydroxylation is 2. The number of esters is 1. The topological polar surface area (TPSA) is 152 Å². The van der Waals surface area contributed by atoms with Crippen molar-refractivity contribution in [2.75, 3.05) is 11.9 Å². The second-order valence-electron chi connectivity index (χ2n) is 13.1. The van der Waals surface area contributed by atoms with Gasteiger partial charge in [0.1, 0.15) is 13.2 Å². The van der Waals surface area contributed by atoms with Gasteiger partial charge >= 0.3 is 12.1 Å². The second kappa shape index (κ2) is 14.4. The van der Waals surface area contributed by atoms with Gasteiger partial charge in [-0.3, -0.25) is 9.59 Å². The molecule has 2 aromatic heterocycles. The number of anilines is 1. The smallest absolute Gasteiger partial charge is 0.457 e. The van der Waals surface area contributed by atoms with Gasteiger partial charge in [-0.1, -0.05) is 51.0 Å². The lowest BCUT2D eigenvalue weighted by atomic mass is 9.85. The van der Waals surface area contributed by atoms with Crippen molar-refractivity contribution in [1.82, 2.24) is 9.55 Å². The third-order valence-electron chi connectivity index (χ3n) is 9.99. The van der Waals surface area contributed by atoms with Crippen LogP contribution in [0.5, 0.6) is 0 Å². The summed E-state index contributed by atoms with van der Waals surface area (Å²) in [5.74, 6) is -0.902. The maximum Gasteiger partial charge on any atom is 0.510 e. The molecule has 2 unspecified atom stereocenters. The molecule has 2 aromatic carbocycles. The minimum atomic E-state index is -1.88. The Morgan fingerprint density at radius 2 is 1.84 bits per heavy atom. The molecule has 1 amide bonds. The number of pyridine rings is 2. The van der Waals surface area contributed by atoms with Crippen molar-refractivity contribution < 1.29 is 28.6 Å². The minimum absolute atomic E-state index is 0.0215. The fourth-order valence-electron chi connectivity index (χ4n) is 7.14. The maximum atomic E-state index is 14.0. The van der Waals surface area contributed by atoms with Gasteiger partial charge < -0.3 is 29.8 Å². The van der Waals surface area contributed by atoms with Crippen LogP contribution in [-0.2, 0) is 55.6 Å². The summed E-state index contributed by atoms with van der Waals surface area (Å²) < 4.78 is 18.4. The van der Waals surface area contributed by atoms with Crippen LogP contribution in [0.25, 0.3) is 22.3 Å². The predicted molar refractivity (Wildman–Crippen MR) is 189 cm³/mol. The molecule has 3 N–H and O–H groups in total. The summed E-state index contributed by atoms with van der Waals surface area (Å²) in [6.45, 7) is 8.41. The van der Waals surface area contributed by atoms with Crippen molar-refractivity contribution in [3.8, 4) is 11.4 Å². The third kappa shape index (κ3) is 6.37. The first kappa shape index (κ1) is 34.8. The first-order valence-corrected chi connectivity index (χ1v) is 17.5. The highest BCUT2D eigenvalue weighted by molar-refractivity contribution is 5.92. The molecule has 2 aliphatic heterocycles. The number of hydrogen-bond donors (Lipinski definition) is 2. The van der Waals surface area contributed by atoms with Crippen LogP contribution in [0, 0.1) is 12.8 Å². The normalized spacial score (nSPS) is 16.6. The highest BCUT2D eigenvalue weighted by Crippen LogP contribution is 2.42. The van der Waals surface area contributed by atoms with E-state index in [9.17, 15) is 19.2 Å². The van der Waals surface area contributed by atoms with Crippen molar-refractivity contribution in [1.29, 1.82) is 0 Å². The predicted octanol–water partition coefficient (Wildman–Crippen LogP) is 6.41. The summed E-state index contributed by atoms with van der Waals surface area (Å²) in [6.07, 6.45) is 3.01. The molecule has 0 aliphatic carbocycles. The third-order valence-corrected chi connectivity index (χ3v) is 9.99. The van der Waals surface area contributed by atoms with Crippen LogP contribution in [0.4, 0.5) is 10.5 Å². The number of fused-ring (bicyclic) bond motifs is 5. The number of cyclic esters (lactones) is 1. The average Bonchev–Trinajstić information content (AvgIpc) is 3.48. The highest BCUT2D eigenvalue weighted by Gasteiger charge is 2.51. The largest absolute Gasteiger partial charge is 0.510 e. The fraction of sp³-hybridized carbons (Fsp3) is 0.410. The number of benzene rings is 2. The molecule has 11 nitrogen and oxygen atoms in total. The Labute approximate surface area is 291 Å². The Bertz CT molecular complexity index is 2020. The van der Waals surface area contributed by atoms with Gasteiger partial charge in [0.25, 0.3) is 5.56 Å². The molecule has 0 fully saturated rings. The van der Waals surface area contributed by atoms with Gasteiger partial charge in [-0.15, -0.1) is 0 Å². The molecular formula is C39H44N4O7. The van der Waals surface area contributed by atoms with E-state index in [1.165, 1.54) is 0 Å². The number of unbranched alkanes of at least 4 members (excludes halogenated alkanes) is 1. The summed E-state index contributed by atoms with van der Waals surface area (Å²) in [7, 11) is 0. The van der Waals surface area contributed by atoms with E-state index in [2.05, 4.69) is 18.3 Å². The van der Waals surface area contributed by atoms with E-state index in [1.54, 1.807) is 41.8 Å². The molecule has 0 spiro atoms. The molecule has 4 aromatic rings. The number of carbonyl (C=O) groups excluding carboxylic acids is 3. The number of hydrogen-bond acceptors (Lipinski definition) is 9.